The first-order chi connectivity index (χ1) is 12.7. The van der Waals surface area contributed by atoms with Crippen molar-refractivity contribution < 1.29 is 0 Å². The topological polar surface area (TPSA) is 56.7 Å². The van der Waals surface area contributed by atoms with Crippen LogP contribution in [0.2, 0.25) is 0 Å². The van der Waals surface area contributed by atoms with Gasteiger partial charge in [0.1, 0.15) is 10.8 Å². The molecule has 0 aliphatic heterocycles. The molecule has 4 nitrogen and oxygen atoms in total. The third kappa shape index (κ3) is 3.34. The zero-order valence-corrected chi connectivity index (χ0v) is 15.0. The van der Waals surface area contributed by atoms with Crippen LogP contribution in [0.15, 0.2) is 73.1 Å². The SMILES string of the molecule is NC(=S)c1ccccc1Cn1ccnc1Cc1ccc2ccccc2n1. The van der Waals surface area contributed by atoms with Gasteiger partial charge in [0.05, 0.1) is 5.52 Å². The number of benzene rings is 2. The zero-order chi connectivity index (χ0) is 17.9. The third-order valence-corrected chi connectivity index (χ3v) is 4.64. The fourth-order valence-corrected chi connectivity index (χ4v) is 3.30. The summed E-state index contributed by atoms with van der Waals surface area (Å²) in [6.07, 6.45) is 4.47. The molecule has 2 aromatic carbocycles. The first-order valence-corrected chi connectivity index (χ1v) is 8.84. The van der Waals surface area contributed by atoms with Crippen molar-refractivity contribution in [3.8, 4) is 0 Å². The Morgan fingerprint density at radius 3 is 2.69 bits per heavy atom. The van der Waals surface area contributed by atoms with Crippen molar-refractivity contribution in [2.45, 2.75) is 13.0 Å². The molecule has 0 unspecified atom stereocenters. The van der Waals surface area contributed by atoms with Crippen LogP contribution in [0.4, 0.5) is 0 Å². The third-order valence-electron chi connectivity index (χ3n) is 4.42. The van der Waals surface area contributed by atoms with Crippen molar-refractivity contribution >= 4 is 28.1 Å². The molecule has 0 bridgehead atoms. The van der Waals surface area contributed by atoms with E-state index < -0.39 is 0 Å². The molecule has 26 heavy (non-hydrogen) atoms. The fourth-order valence-electron chi connectivity index (χ4n) is 3.10. The summed E-state index contributed by atoms with van der Waals surface area (Å²) in [4.78, 5) is 9.69. The molecule has 4 rings (SSSR count). The second-order valence-electron chi connectivity index (χ2n) is 6.16. The molecule has 128 valence electrons. The zero-order valence-electron chi connectivity index (χ0n) is 14.2. The van der Waals surface area contributed by atoms with Crippen LogP contribution in [0.5, 0.6) is 0 Å². The molecular weight excluding hydrogens is 340 g/mol. The Kier molecular flexibility index (Phi) is 4.46. The van der Waals surface area contributed by atoms with Crippen LogP contribution >= 0.6 is 12.2 Å². The van der Waals surface area contributed by atoms with E-state index in [-0.39, 0.29) is 0 Å². The number of aromatic nitrogens is 3. The summed E-state index contributed by atoms with van der Waals surface area (Å²) in [5, 5.41) is 1.14. The van der Waals surface area contributed by atoms with Gasteiger partial charge in [0.25, 0.3) is 0 Å². The number of rotatable bonds is 5. The maximum atomic E-state index is 5.85. The summed E-state index contributed by atoms with van der Waals surface area (Å²) in [6.45, 7) is 0.677. The lowest BCUT2D eigenvalue weighted by atomic mass is 10.1. The summed E-state index contributed by atoms with van der Waals surface area (Å²) in [7, 11) is 0. The van der Waals surface area contributed by atoms with Crippen molar-refractivity contribution in [2.24, 2.45) is 5.73 Å². The Morgan fingerprint density at radius 2 is 1.81 bits per heavy atom. The van der Waals surface area contributed by atoms with Crippen molar-refractivity contribution in [1.29, 1.82) is 0 Å². The fraction of sp³-hybridized carbons (Fsp3) is 0.0952. The van der Waals surface area contributed by atoms with E-state index in [1.165, 1.54) is 0 Å². The molecular formula is C21H18N4S. The first-order valence-electron chi connectivity index (χ1n) is 8.43. The standard InChI is InChI=1S/C21H18N4S/c22-21(26)18-7-3-1-6-16(18)14-25-12-11-23-20(25)13-17-10-9-15-5-2-4-8-19(15)24-17/h1-12H,13-14H2,(H2,22,26). The van der Waals surface area contributed by atoms with Gasteiger partial charge in [-0.2, -0.15) is 0 Å². The van der Waals surface area contributed by atoms with Crippen LogP contribution < -0.4 is 5.73 Å². The van der Waals surface area contributed by atoms with Gasteiger partial charge < -0.3 is 10.3 Å². The molecule has 2 N–H and O–H groups in total. The highest BCUT2D eigenvalue weighted by molar-refractivity contribution is 7.80. The Hall–Kier alpha value is -3.05. The van der Waals surface area contributed by atoms with E-state index >= 15 is 0 Å². The number of imidazole rings is 1. The molecule has 0 radical (unpaired) electrons. The maximum Gasteiger partial charge on any atom is 0.114 e. The van der Waals surface area contributed by atoms with E-state index in [1.807, 2.05) is 54.9 Å². The molecule has 2 aromatic heterocycles. The van der Waals surface area contributed by atoms with Crippen LogP contribution in [0.1, 0.15) is 22.6 Å². The lowest BCUT2D eigenvalue weighted by Crippen LogP contribution is -2.14. The highest BCUT2D eigenvalue weighted by Crippen LogP contribution is 2.16. The monoisotopic (exact) mass is 358 g/mol. The van der Waals surface area contributed by atoms with Gasteiger partial charge in [0.2, 0.25) is 0 Å². The number of nitrogens with two attached hydrogens (primary N) is 1. The largest absolute Gasteiger partial charge is 0.389 e. The van der Waals surface area contributed by atoms with Crippen LogP contribution in [0.3, 0.4) is 0 Å². The van der Waals surface area contributed by atoms with Gasteiger partial charge in [-0.15, -0.1) is 0 Å². The molecule has 0 spiro atoms. The first kappa shape index (κ1) is 16.4. The van der Waals surface area contributed by atoms with Gasteiger partial charge in [0, 0.05) is 42.0 Å². The van der Waals surface area contributed by atoms with Crippen LogP contribution in [-0.4, -0.2) is 19.5 Å². The minimum absolute atomic E-state index is 0.415. The molecule has 2 heterocycles. The van der Waals surface area contributed by atoms with Gasteiger partial charge in [-0.1, -0.05) is 60.7 Å². The van der Waals surface area contributed by atoms with E-state index in [0.29, 0.717) is 18.0 Å². The van der Waals surface area contributed by atoms with Crippen molar-refractivity contribution in [3.05, 3.63) is 95.7 Å². The summed E-state index contributed by atoms with van der Waals surface area (Å²) in [6, 6.07) is 20.2. The van der Waals surface area contributed by atoms with Crippen LogP contribution in [0, 0.1) is 0 Å². The molecule has 4 aromatic rings. The lowest BCUT2D eigenvalue weighted by molar-refractivity contribution is 0.735. The molecule has 0 atom stereocenters. The normalized spacial score (nSPS) is 10.9. The van der Waals surface area contributed by atoms with E-state index in [0.717, 1.165) is 33.5 Å². The Labute approximate surface area is 157 Å². The minimum Gasteiger partial charge on any atom is -0.389 e. The molecule has 0 fully saturated rings. The van der Waals surface area contributed by atoms with Gasteiger partial charge >= 0.3 is 0 Å². The lowest BCUT2D eigenvalue weighted by Gasteiger charge is -2.11. The summed E-state index contributed by atoms with van der Waals surface area (Å²) in [5.41, 5.74) is 9.85. The quantitative estimate of drug-likeness (QED) is 0.553. The predicted molar refractivity (Wildman–Crippen MR) is 108 cm³/mol. The second kappa shape index (κ2) is 7.06. The number of pyridine rings is 1. The minimum atomic E-state index is 0.415. The van der Waals surface area contributed by atoms with Crippen molar-refractivity contribution in [2.75, 3.05) is 0 Å². The number of para-hydroxylation sites is 1. The van der Waals surface area contributed by atoms with Gasteiger partial charge in [-0.25, -0.2) is 4.98 Å². The average Bonchev–Trinajstić information content (AvgIpc) is 3.08. The Morgan fingerprint density at radius 1 is 1.00 bits per heavy atom. The van der Waals surface area contributed by atoms with Gasteiger partial charge in [0.15, 0.2) is 0 Å². The molecule has 0 aliphatic rings. The van der Waals surface area contributed by atoms with Crippen molar-refractivity contribution in [1.82, 2.24) is 14.5 Å². The Bertz CT molecular complexity index is 1080. The molecule has 0 saturated heterocycles. The second-order valence-corrected chi connectivity index (χ2v) is 6.60. The summed E-state index contributed by atoms with van der Waals surface area (Å²) < 4.78 is 2.12. The van der Waals surface area contributed by atoms with E-state index in [9.17, 15) is 0 Å². The Balaban J connectivity index is 1.62. The van der Waals surface area contributed by atoms with Gasteiger partial charge in [-0.3, -0.25) is 4.98 Å². The smallest absolute Gasteiger partial charge is 0.114 e. The molecule has 0 amide bonds. The number of hydrogen-bond acceptors (Lipinski definition) is 3. The van der Waals surface area contributed by atoms with E-state index in [2.05, 4.69) is 27.8 Å². The highest BCUT2D eigenvalue weighted by Gasteiger charge is 2.10. The van der Waals surface area contributed by atoms with Crippen LogP contribution in [0.25, 0.3) is 10.9 Å². The average molecular weight is 358 g/mol. The molecule has 0 aliphatic carbocycles. The summed E-state index contributed by atoms with van der Waals surface area (Å²) in [5.74, 6) is 0.963. The van der Waals surface area contributed by atoms with Gasteiger partial charge in [-0.05, 0) is 17.7 Å². The maximum absolute atomic E-state index is 5.85. The number of thiocarbonyl (C=S) groups is 1. The van der Waals surface area contributed by atoms with E-state index in [4.69, 9.17) is 22.9 Å². The van der Waals surface area contributed by atoms with Crippen LogP contribution in [-0.2, 0) is 13.0 Å². The molecule has 5 heteroatoms. The summed E-state index contributed by atoms with van der Waals surface area (Å²) >= 11 is 5.17. The number of hydrogen-bond donors (Lipinski definition) is 1. The highest BCUT2D eigenvalue weighted by atomic mass is 32.1. The van der Waals surface area contributed by atoms with Crippen molar-refractivity contribution in [3.63, 3.8) is 0 Å². The predicted octanol–water partition coefficient (Wildman–Crippen LogP) is 3.70. The number of fused-ring (bicyclic) bond motifs is 1. The number of nitrogens with zero attached hydrogens (tertiary/aromatic N) is 3. The van der Waals surface area contributed by atoms with E-state index in [1.54, 1.807) is 0 Å². The molecule has 0 saturated carbocycles.